The number of amides is 2. The zero-order valence-electron chi connectivity index (χ0n) is 28.0. The summed E-state index contributed by atoms with van der Waals surface area (Å²) in [5.74, 6) is -2.98. The molecule has 0 aliphatic rings. The van der Waals surface area contributed by atoms with E-state index < -0.39 is 157 Å². The SMILES string of the molecule is O=C(Nc1ccc(S(=O)(=O)O)c2cc(S(=O)(=O)O)cc(S(=O)(=O)O)c12)c1cc(C(=O)Nc2ccc(S(=O)(=O)O)c3cc(S(=O)(=O)O)cc(S(=O)(=O)O)c23)cc([N+](=O)[O-])c1. The topological polar surface area (TPSA) is 428 Å². The van der Waals surface area contributed by atoms with E-state index >= 15 is 0 Å². The lowest BCUT2D eigenvalue weighted by Crippen LogP contribution is -2.18. The monoisotopic (exact) mass is 941 g/mol. The van der Waals surface area contributed by atoms with E-state index in [1.807, 2.05) is 10.6 Å². The first-order valence-corrected chi connectivity index (χ1v) is 23.3. The first-order chi connectivity index (χ1) is 26.7. The van der Waals surface area contributed by atoms with E-state index in [1.165, 1.54) is 0 Å². The number of anilines is 2. The van der Waals surface area contributed by atoms with Crippen LogP contribution in [0.15, 0.2) is 96.1 Å². The molecule has 0 aromatic heterocycles. The van der Waals surface area contributed by atoms with Crippen LogP contribution in [-0.2, 0) is 60.7 Å². The number of carbonyl (C=O) groups excluding carboxylic acids is 2. The number of benzene rings is 5. The lowest BCUT2D eigenvalue weighted by atomic mass is 10.1. The van der Waals surface area contributed by atoms with Gasteiger partial charge in [-0.05, 0) is 54.6 Å². The molecule has 314 valence electrons. The first kappa shape index (κ1) is 44.5. The number of hydrogen-bond acceptors (Lipinski definition) is 16. The zero-order chi connectivity index (χ0) is 44.6. The van der Waals surface area contributed by atoms with Crippen LogP contribution in [0.25, 0.3) is 21.5 Å². The van der Waals surface area contributed by atoms with Crippen LogP contribution >= 0.6 is 0 Å². The van der Waals surface area contributed by atoms with Crippen LogP contribution in [0.1, 0.15) is 20.7 Å². The van der Waals surface area contributed by atoms with Crippen molar-refractivity contribution >= 4 is 111 Å². The molecule has 0 heterocycles. The summed E-state index contributed by atoms with van der Waals surface area (Å²) in [6, 6.07) is 4.93. The highest BCUT2D eigenvalue weighted by Crippen LogP contribution is 2.39. The molecule has 0 radical (unpaired) electrons. The third-order valence-electron chi connectivity index (χ3n) is 7.88. The summed E-state index contributed by atoms with van der Waals surface area (Å²) in [7, 11) is -32.6. The number of nitrogens with zero attached hydrogens (tertiary/aromatic N) is 1. The Morgan fingerprint density at radius 2 is 0.780 bits per heavy atom. The minimum Gasteiger partial charge on any atom is -0.321 e. The van der Waals surface area contributed by atoms with Crippen molar-refractivity contribution in [3.05, 3.63) is 88.0 Å². The third-order valence-corrected chi connectivity index (χ3v) is 13.1. The van der Waals surface area contributed by atoms with Crippen LogP contribution in [0.3, 0.4) is 0 Å². The molecule has 0 aliphatic heterocycles. The number of nitro benzene ring substituents is 1. The largest absolute Gasteiger partial charge is 0.321 e. The minimum atomic E-state index is -5.60. The van der Waals surface area contributed by atoms with Gasteiger partial charge < -0.3 is 10.6 Å². The second-order valence-corrected chi connectivity index (χ2v) is 20.1. The molecule has 0 unspecified atom stereocenters. The van der Waals surface area contributed by atoms with Gasteiger partial charge in [0.2, 0.25) is 0 Å². The van der Waals surface area contributed by atoms with Gasteiger partial charge in [0, 0.05) is 44.8 Å². The van der Waals surface area contributed by atoms with Crippen LogP contribution < -0.4 is 10.6 Å². The van der Waals surface area contributed by atoms with Gasteiger partial charge in [0.05, 0.1) is 26.1 Å². The first-order valence-electron chi connectivity index (χ1n) is 14.7. The summed E-state index contributed by atoms with van der Waals surface area (Å²) >= 11 is 0. The molecule has 0 bridgehead atoms. The zero-order valence-corrected chi connectivity index (χ0v) is 32.9. The summed E-state index contributed by atoms with van der Waals surface area (Å²) in [6.07, 6.45) is 0. The molecule has 31 heteroatoms. The highest BCUT2D eigenvalue weighted by atomic mass is 32.2. The van der Waals surface area contributed by atoms with Crippen molar-refractivity contribution in [1.29, 1.82) is 0 Å². The van der Waals surface area contributed by atoms with Crippen molar-refractivity contribution in [1.82, 2.24) is 0 Å². The molecule has 25 nitrogen and oxygen atoms in total. The van der Waals surface area contributed by atoms with Crippen LogP contribution in [0.4, 0.5) is 17.1 Å². The summed E-state index contributed by atoms with van der Waals surface area (Å²) in [6.45, 7) is 0. The molecule has 0 saturated carbocycles. The van der Waals surface area contributed by atoms with Gasteiger partial charge >= 0.3 is 0 Å². The van der Waals surface area contributed by atoms with Crippen LogP contribution in [0.2, 0.25) is 0 Å². The number of nitrogens with one attached hydrogen (secondary N) is 2. The number of nitro groups is 1. The standard InChI is InChI=1S/C28H19N3O22S6/c32-27(29-19-1-3-21(56(42,43)44)17-8-15(54(36,37)38)10-23(25(17)19)58(48,49)50)12-5-13(7-14(6-12)31(34)35)28(33)30-20-2-4-22(57(45,46)47)18-9-16(55(39,40)41)11-24(26(18)20)59(51,52)53/h1-11H,(H,29,32)(H,30,33)(H,36,37,38)(H,39,40,41)(H,42,43,44)(H,45,46,47)(H,48,49,50)(H,51,52,53). The van der Waals surface area contributed by atoms with Gasteiger partial charge in [-0.25, -0.2) is 0 Å². The Morgan fingerprint density at radius 1 is 0.458 bits per heavy atom. The summed E-state index contributed by atoms with van der Waals surface area (Å²) in [5, 5.41) is 11.9. The second-order valence-electron chi connectivity index (χ2n) is 11.7. The molecule has 5 aromatic rings. The van der Waals surface area contributed by atoms with Crippen LogP contribution in [0.5, 0.6) is 0 Å². The molecule has 5 aromatic carbocycles. The van der Waals surface area contributed by atoms with Crippen LogP contribution in [-0.4, -0.2) is 94.6 Å². The third kappa shape index (κ3) is 9.19. The number of hydrogen-bond donors (Lipinski definition) is 8. The average Bonchev–Trinajstić information content (AvgIpc) is 3.07. The van der Waals surface area contributed by atoms with Gasteiger partial charge in [0.15, 0.2) is 0 Å². The van der Waals surface area contributed by atoms with E-state index in [9.17, 15) is 97.5 Å². The Hall–Kier alpha value is -5.58. The van der Waals surface area contributed by atoms with E-state index in [4.69, 9.17) is 0 Å². The van der Waals surface area contributed by atoms with Crippen molar-refractivity contribution in [2.45, 2.75) is 29.4 Å². The molecule has 0 spiro atoms. The molecule has 0 atom stereocenters. The smallest absolute Gasteiger partial charge is 0.295 e. The number of rotatable bonds is 11. The van der Waals surface area contributed by atoms with E-state index in [2.05, 4.69) is 0 Å². The maximum atomic E-state index is 13.6. The molecule has 59 heavy (non-hydrogen) atoms. The lowest BCUT2D eigenvalue weighted by Gasteiger charge is -2.16. The number of non-ortho nitro benzene ring substituents is 1. The molecular weight excluding hydrogens is 923 g/mol. The number of fused-ring (bicyclic) bond motifs is 2. The Balaban J connectivity index is 1.70. The van der Waals surface area contributed by atoms with E-state index in [-0.39, 0.29) is 12.1 Å². The Kier molecular flexibility index (Phi) is 11.0. The predicted octanol–water partition coefficient (Wildman–Crippen LogP) is 1.89. The maximum Gasteiger partial charge on any atom is 0.295 e. The normalized spacial score (nSPS) is 13.0. The van der Waals surface area contributed by atoms with Crippen molar-refractivity contribution in [3.8, 4) is 0 Å². The fraction of sp³-hybridized carbons (Fsp3) is 0. The highest BCUT2D eigenvalue weighted by Gasteiger charge is 2.30. The molecule has 2 amide bonds. The minimum absolute atomic E-state index is 0.148. The molecule has 8 N–H and O–H groups in total. The molecular formula is C28H19N3O22S6. The van der Waals surface area contributed by atoms with Gasteiger partial charge in [-0.1, -0.05) is 0 Å². The summed E-state index contributed by atoms with van der Waals surface area (Å²) in [5.41, 5.74) is -4.31. The molecule has 0 saturated heterocycles. The van der Waals surface area contributed by atoms with Gasteiger partial charge in [0.1, 0.15) is 19.6 Å². The van der Waals surface area contributed by atoms with Gasteiger partial charge in [-0.15, -0.1) is 0 Å². The molecule has 0 aliphatic carbocycles. The quantitative estimate of drug-likeness (QED) is 0.0532. The number of carbonyl (C=O) groups is 2. The molecule has 0 fully saturated rings. The molecule has 5 rings (SSSR count). The van der Waals surface area contributed by atoms with E-state index in [0.717, 1.165) is 0 Å². The van der Waals surface area contributed by atoms with Gasteiger partial charge in [-0.3, -0.25) is 47.0 Å². The maximum absolute atomic E-state index is 13.6. The summed E-state index contributed by atoms with van der Waals surface area (Å²) < 4.78 is 204. The lowest BCUT2D eigenvalue weighted by molar-refractivity contribution is -0.384. The highest BCUT2D eigenvalue weighted by molar-refractivity contribution is 7.88. The van der Waals surface area contributed by atoms with Crippen molar-refractivity contribution in [2.75, 3.05) is 10.6 Å². The average molecular weight is 942 g/mol. The Morgan fingerprint density at radius 3 is 1.05 bits per heavy atom. The second kappa shape index (κ2) is 14.6. The van der Waals surface area contributed by atoms with Crippen molar-refractivity contribution in [3.63, 3.8) is 0 Å². The van der Waals surface area contributed by atoms with E-state index in [0.29, 0.717) is 54.6 Å². The van der Waals surface area contributed by atoms with E-state index in [1.54, 1.807) is 0 Å². The van der Waals surface area contributed by atoms with Gasteiger partial charge in [0.25, 0.3) is 78.2 Å². The van der Waals surface area contributed by atoms with Crippen LogP contribution in [0, 0.1) is 10.1 Å². The van der Waals surface area contributed by atoms with Crippen molar-refractivity contribution in [2.24, 2.45) is 0 Å². The van der Waals surface area contributed by atoms with Crippen molar-refractivity contribution < 1.29 is 92.3 Å². The Bertz CT molecular complexity index is 3220. The fourth-order valence-corrected chi connectivity index (χ4v) is 9.60. The predicted molar refractivity (Wildman–Crippen MR) is 196 cm³/mol. The summed E-state index contributed by atoms with van der Waals surface area (Å²) in [4.78, 5) is 29.9. The van der Waals surface area contributed by atoms with Gasteiger partial charge in [-0.2, -0.15) is 50.5 Å². The Labute approximate surface area is 329 Å². The fourth-order valence-electron chi connectivity index (χ4n) is 5.52.